The fourth-order valence-electron chi connectivity index (χ4n) is 2.11. The van der Waals surface area contributed by atoms with Gasteiger partial charge in [0.1, 0.15) is 17.9 Å². The Hall–Kier alpha value is -3.88. The van der Waals surface area contributed by atoms with Gasteiger partial charge in [0.05, 0.1) is 30.5 Å². The number of pyridine rings is 2. The number of aromatic nitrogens is 4. The lowest BCUT2D eigenvalue weighted by Crippen LogP contribution is -2.14. The van der Waals surface area contributed by atoms with Crippen LogP contribution in [0, 0.1) is 6.92 Å². The minimum absolute atomic E-state index is 0.161. The van der Waals surface area contributed by atoms with E-state index < -0.39 is 5.91 Å². The van der Waals surface area contributed by atoms with Crippen molar-refractivity contribution in [3.63, 3.8) is 0 Å². The molecule has 0 saturated heterocycles. The predicted octanol–water partition coefficient (Wildman–Crippen LogP) is 2.24. The van der Waals surface area contributed by atoms with Gasteiger partial charge in [-0.25, -0.2) is 24.9 Å². The molecule has 9 heteroatoms. The van der Waals surface area contributed by atoms with Crippen molar-refractivity contribution in [2.24, 2.45) is 10.7 Å². The Kier molecular flexibility index (Phi) is 5.08. The molecule has 0 aliphatic heterocycles. The van der Waals surface area contributed by atoms with E-state index in [4.69, 9.17) is 10.5 Å². The second-order valence-electron chi connectivity index (χ2n) is 5.11. The largest absolute Gasteiger partial charge is 0.452 e. The van der Waals surface area contributed by atoms with Gasteiger partial charge in [-0.2, -0.15) is 0 Å². The topological polar surface area (TPSA) is 128 Å². The quantitative estimate of drug-likeness (QED) is 0.534. The number of nitrogens with two attached hydrogens (primary N) is 1. The molecule has 26 heavy (non-hydrogen) atoms. The Morgan fingerprint density at radius 3 is 2.77 bits per heavy atom. The van der Waals surface area contributed by atoms with Crippen molar-refractivity contribution in [1.82, 2.24) is 19.9 Å². The molecule has 0 aliphatic rings. The fraction of sp³-hybridized carbons (Fsp3) is 0.0588. The summed E-state index contributed by atoms with van der Waals surface area (Å²) >= 11 is 0. The third-order valence-electron chi connectivity index (χ3n) is 3.19. The van der Waals surface area contributed by atoms with Gasteiger partial charge in [-0.05, 0) is 25.1 Å². The average Bonchev–Trinajstić information content (AvgIpc) is 2.64. The van der Waals surface area contributed by atoms with Crippen LogP contribution in [-0.2, 0) is 0 Å². The van der Waals surface area contributed by atoms with Crippen molar-refractivity contribution in [3.8, 4) is 11.5 Å². The van der Waals surface area contributed by atoms with E-state index in [1.165, 1.54) is 31.0 Å². The molecule has 0 bridgehead atoms. The Balaban J connectivity index is 1.89. The minimum Gasteiger partial charge on any atom is -0.452 e. The average molecular weight is 349 g/mol. The first-order chi connectivity index (χ1) is 12.7. The maximum absolute atomic E-state index is 12.6. The van der Waals surface area contributed by atoms with Crippen LogP contribution in [-0.4, -0.2) is 32.2 Å². The molecule has 3 aromatic rings. The van der Waals surface area contributed by atoms with Gasteiger partial charge in [0.2, 0.25) is 0 Å². The Morgan fingerprint density at radius 2 is 2.04 bits per heavy atom. The van der Waals surface area contributed by atoms with E-state index in [0.29, 0.717) is 17.3 Å². The fourth-order valence-corrected chi connectivity index (χ4v) is 2.11. The normalized spacial score (nSPS) is 10.7. The van der Waals surface area contributed by atoms with Gasteiger partial charge >= 0.3 is 0 Å². The van der Waals surface area contributed by atoms with Crippen LogP contribution in [0.25, 0.3) is 0 Å². The molecule has 1 amide bonds. The molecule has 3 aromatic heterocycles. The zero-order valence-corrected chi connectivity index (χ0v) is 13.8. The van der Waals surface area contributed by atoms with Crippen LogP contribution in [0.15, 0.2) is 54.2 Å². The number of carbonyl (C=O) groups excluding carboxylic acids is 1. The summed E-state index contributed by atoms with van der Waals surface area (Å²) in [5.74, 6) is 0.884. The number of anilines is 1. The molecular weight excluding hydrogens is 334 g/mol. The number of nitrogens with zero attached hydrogens (tertiary/aromatic N) is 5. The maximum Gasteiger partial charge on any atom is 0.260 e. The van der Waals surface area contributed by atoms with Gasteiger partial charge in [-0.1, -0.05) is 6.07 Å². The van der Waals surface area contributed by atoms with E-state index in [0.717, 1.165) is 12.0 Å². The van der Waals surface area contributed by atoms with E-state index in [9.17, 15) is 4.79 Å². The zero-order valence-electron chi connectivity index (χ0n) is 13.8. The standard InChI is InChI=1S/C17H15N7O2/c1-11-3-2-4-15(23-11)24-17(25)14-5-12(8-21-16(14)22-9-18)26-13-6-19-10-20-7-13/h2-10H,1H3,(H2,18,21,22)(H,23,24,25). The molecule has 0 unspecified atom stereocenters. The first-order valence-corrected chi connectivity index (χ1v) is 7.58. The highest BCUT2D eigenvalue weighted by Gasteiger charge is 2.15. The van der Waals surface area contributed by atoms with E-state index in [1.54, 1.807) is 12.1 Å². The van der Waals surface area contributed by atoms with Crippen LogP contribution >= 0.6 is 0 Å². The van der Waals surface area contributed by atoms with Gasteiger partial charge in [-0.3, -0.25) is 4.79 Å². The maximum atomic E-state index is 12.6. The van der Waals surface area contributed by atoms with E-state index in [1.807, 2.05) is 13.0 Å². The molecule has 130 valence electrons. The van der Waals surface area contributed by atoms with Crippen molar-refractivity contribution in [1.29, 1.82) is 0 Å². The summed E-state index contributed by atoms with van der Waals surface area (Å²) in [6.45, 7) is 1.83. The molecule has 0 saturated carbocycles. The summed E-state index contributed by atoms with van der Waals surface area (Å²) in [7, 11) is 0. The van der Waals surface area contributed by atoms with Crippen molar-refractivity contribution in [2.45, 2.75) is 6.92 Å². The number of nitrogens with one attached hydrogen (secondary N) is 1. The van der Waals surface area contributed by atoms with Crippen LogP contribution < -0.4 is 15.8 Å². The monoisotopic (exact) mass is 349 g/mol. The Labute approximate surface area is 149 Å². The molecular formula is C17H15N7O2. The summed E-state index contributed by atoms with van der Waals surface area (Å²) in [5.41, 5.74) is 6.30. The summed E-state index contributed by atoms with van der Waals surface area (Å²) in [5, 5.41) is 2.70. The van der Waals surface area contributed by atoms with E-state index in [2.05, 4.69) is 30.2 Å². The third kappa shape index (κ3) is 4.15. The first kappa shape index (κ1) is 17.0. The van der Waals surface area contributed by atoms with Crippen molar-refractivity contribution < 1.29 is 9.53 Å². The first-order valence-electron chi connectivity index (χ1n) is 7.58. The van der Waals surface area contributed by atoms with Gasteiger partial charge in [0.15, 0.2) is 11.6 Å². The number of hydrogen-bond donors (Lipinski definition) is 2. The van der Waals surface area contributed by atoms with Crippen molar-refractivity contribution in [2.75, 3.05) is 5.32 Å². The van der Waals surface area contributed by atoms with E-state index in [-0.39, 0.29) is 11.4 Å². The highest BCUT2D eigenvalue weighted by molar-refractivity contribution is 6.07. The van der Waals surface area contributed by atoms with Crippen molar-refractivity contribution >= 4 is 23.9 Å². The van der Waals surface area contributed by atoms with Gasteiger partial charge in [0.25, 0.3) is 5.91 Å². The highest BCUT2D eigenvalue weighted by Crippen LogP contribution is 2.25. The molecule has 0 atom stereocenters. The summed E-state index contributed by atoms with van der Waals surface area (Å²) in [4.78, 5) is 32.6. The molecule has 0 aliphatic carbocycles. The van der Waals surface area contributed by atoms with Gasteiger partial charge in [-0.15, -0.1) is 0 Å². The zero-order chi connectivity index (χ0) is 18.4. The smallest absolute Gasteiger partial charge is 0.260 e. The second-order valence-corrected chi connectivity index (χ2v) is 5.11. The predicted molar refractivity (Wildman–Crippen MR) is 95.6 cm³/mol. The molecule has 0 radical (unpaired) electrons. The second kappa shape index (κ2) is 7.79. The van der Waals surface area contributed by atoms with Crippen molar-refractivity contribution in [3.05, 3.63) is 60.4 Å². The number of aliphatic imine (C=N–C) groups is 1. The summed E-state index contributed by atoms with van der Waals surface area (Å²) in [6.07, 6.45) is 6.87. The van der Waals surface area contributed by atoms with Gasteiger partial charge < -0.3 is 15.8 Å². The molecule has 0 spiro atoms. The summed E-state index contributed by atoms with van der Waals surface area (Å²) in [6, 6.07) is 6.82. The van der Waals surface area contributed by atoms with Crippen LogP contribution in [0.2, 0.25) is 0 Å². The number of ether oxygens (including phenoxy) is 1. The molecule has 3 N–H and O–H groups in total. The number of rotatable bonds is 5. The lowest BCUT2D eigenvalue weighted by Gasteiger charge is -2.09. The van der Waals surface area contributed by atoms with Crippen LogP contribution in [0.1, 0.15) is 16.1 Å². The molecule has 0 aromatic carbocycles. The number of aryl methyl sites for hydroxylation is 1. The van der Waals surface area contributed by atoms with E-state index >= 15 is 0 Å². The third-order valence-corrected chi connectivity index (χ3v) is 3.19. The lowest BCUT2D eigenvalue weighted by molar-refractivity contribution is 0.102. The molecule has 3 heterocycles. The molecule has 9 nitrogen and oxygen atoms in total. The number of amides is 1. The molecule has 0 fully saturated rings. The van der Waals surface area contributed by atoms with Crippen LogP contribution in [0.5, 0.6) is 11.5 Å². The van der Waals surface area contributed by atoms with Crippen LogP contribution in [0.4, 0.5) is 11.6 Å². The Bertz CT molecular complexity index is 945. The minimum atomic E-state index is -0.439. The summed E-state index contributed by atoms with van der Waals surface area (Å²) < 4.78 is 5.61. The molecule has 3 rings (SSSR count). The Morgan fingerprint density at radius 1 is 1.23 bits per heavy atom. The number of hydrogen-bond acceptors (Lipinski definition) is 7. The highest BCUT2D eigenvalue weighted by atomic mass is 16.5. The lowest BCUT2D eigenvalue weighted by atomic mass is 10.2. The van der Waals surface area contributed by atoms with Crippen LogP contribution in [0.3, 0.4) is 0 Å². The van der Waals surface area contributed by atoms with Gasteiger partial charge in [0, 0.05) is 5.69 Å². The SMILES string of the molecule is Cc1cccc(NC(=O)c2cc(Oc3cncnc3)cnc2/N=C\N)n1. The number of carbonyl (C=O) groups is 1.